The number of nitrogens with zero attached hydrogens (tertiary/aromatic N) is 3. The van der Waals surface area contributed by atoms with Crippen LogP contribution < -0.4 is 5.69 Å². The predicted molar refractivity (Wildman–Crippen MR) is 107 cm³/mol. The van der Waals surface area contributed by atoms with Crippen molar-refractivity contribution < 1.29 is 0 Å². The standard InChI is InChI=1S/C21H13ClN4O/c22-20-19-18(25-21(27)26(19)11-10-23-20)15-7-6-14-8-9-16(24-17(14)12-15)13-4-2-1-3-5-13/h1-12H,(H,25,27). The third-order valence-corrected chi connectivity index (χ3v) is 4.85. The molecule has 5 rings (SSSR count). The van der Waals surface area contributed by atoms with E-state index in [2.05, 4.69) is 9.97 Å². The predicted octanol–water partition coefficient (Wildman–Crippen LogP) is 4.56. The van der Waals surface area contributed by atoms with Crippen molar-refractivity contribution in [1.82, 2.24) is 19.4 Å². The summed E-state index contributed by atoms with van der Waals surface area (Å²) in [4.78, 5) is 24.0. The number of hydrogen-bond acceptors (Lipinski definition) is 3. The van der Waals surface area contributed by atoms with E-state index in [1.807, 2.05) is 60.7 Å². The number of rotatable bonds is 2. The minimum atomic E-state index is -0.254. The van der Waals surface area contributed by atoms with Crippen LogP contribution in [0.4, 0.5) is 0 Å². The monoisotopic (exact) mass is 372 g/mol. The molecule has 0 fully saturated rings. The van der Waals surface area contributed by atoms with Crippen molar-refractivity contribution >= 4 is 28.0 Å². The molecule has 0 aliphatic rings. The molecule has 5 nitrogen and oxygen atoms in total. The number of benzene rings is 2. The Morgan fingerprint density at radius 2 is 1.78 bits per heavy atom. The van der Waals surface area contributed by atoms with Crippen LogP contribution in [0.25, 0.3) is 38.9 Å². The van der Waals surface area contributed by atoms with E-state index < -0.39 is 0 Å². The molecule has 3 heterocycles. The van der Waals surface area contributed by atoms with Gasteiger partial charge in [-0.3, -0.25) is 4.40 Å². The summed E-state index contributed by atoms with van der Waals surface area (Å²) in [5.41, 5.74) is 4.56. The third kappa shape index (κ3) is 2.60. The topological polar surface area (TPSA) is 63.0 Å². The zero-order chi connectivity index (χ0) is 18.4. The van der Waals surface area contributed by atoms with E-state index in [9.17, 15) is 4.79 Å². The number of aromatic amines is 1. The average Bonchev–Trinajstić information content (AvgIpc) is 3.06. The van der Waals surface area contributed by atoms with Crippen LogP contribution in [-0.4, -0.2) is 19.4 Å². The fourth-order valence-electron chi connectivity index (χ4n) is 3.27. The highest BCUT2D eigenvalue weighted by atomic mass is 35.5. The molecule has 0 spiro atoms. The molecule has 0 radical (unpaired) electrons. The SMILES string of the molecule is O=c1[nH]c(-c2ccc3ccc(-c4ccccc4)nc3c2)c2c(Cl)nccn12. The second-order valence-corrected chi connectivity index (χ2v) is 6.57. The molecular formula is C21H13ClN4O. The first-order valence-electron chi connectivity index (χ1n) is 8.42. The zero-order valence-electron chi connectivity index (χ0n) is 14.1. The number of nitrogens with one attached hydrogen (secondary N) is 1. The van der Waals surface area contributed by atoms with Gasteiger partial charge in [0.2, 0.25) is 0 Å². The van der Waals surface area contributed by atoms with Crippen LogP contribution in [0.3, 0.4) is 0 Å². The van der Waals surface area contributed by atoms with Crippen LogP contribution >= 0.6 is 11.6 Å². The van der Waals surface area contributed by atoms with Crippen LogP contribution in [0.2, 0.25) is 5.15 Å². The quantitative estimate of drug-likeness (QED) is 0.494. The summed E-state index contributed by atoms with van der Waals surface area (Å²) in [7, 11) is 0. The Kier molecular flexibility index (Phi) is 3.55. The third-order valence-electron chi connectivity index (χ3n) is 4.58. The summed E-state index contributed by atoms with van der Waals surface area (Å²) in [6.07, 6.45) is 3.10. The second-order valence-electron chi connectivity index (χ2n) is 6.21. The molecular weight excluding hydrogens is 360 g/mol. The van der Waals surface area contributed by atoms with Crippen molar-refractivity contribution in [3.63, 3.8) is 0 Å². The van der Waals surface area contributed by atoms with Crippen molar-refractivity contribution in [2.24, 2.45) is 0 Å². The zero-order valence-corrected chi connectivity index (χ0v) is 14.8. The minimum absolute atomic E-state index is 0.254. The van der Waals surface area contributed by atoms with E-state index in [1.165, 1.54) is 10.6 Å². The maximum Gasteiger partial charge on any atom is 0.330 e. The summed E-state index contributed by atoms with van der Waals surface area (Å²) in [6, 6.07) is 20.0. The van der Waals surface area contributed by atoms with E-state index in [4.69, 9.17) is 16.6 Å². The average molecular weight is 373 g/mol. The van der Waals surface area contributed by atoms with Gasteiger partial charge in [0, 0.05) is 28.9 Å². The normalized spacial score (nSPS) is 11.3. The lowest BCUT2D eigenvalue weighted by Crippen LogP contribution is -2.08. The van der Waals surface area contributed by atoms with E-state index in [1.54, 1.807) is 6.20 Å². The van der Waals surface area contributed by atoms with Crippen LogP contribution in [0, 0.1) is 0 Å². The fraction of sp³-hybridized carbons (Fsp3) is 0. The Bertz CT molecular complexity index is 1360. The van der Waals surface area contributed by atoms with Gasteiger partial charge in [0.15, 0.2) is 5.15 Å². The van der Waals surface area contributed by atoms with E-state index in [0.717, 1.165) is 27.7 Å². The molecule has 3 aromatic heterocycles. The molecule has 0 saturated carbocycles. The number of H-pyrrole nitrogens is 1. The van der Waals surface area contributed by atoms with Gasteiger partial charge >= 0.3 is 5.69 Å². The lowest BCUT2D eigenvalue weighted by atomic mass is 10.1. The number of imidazole rings is 1. The highest BCUT2D eigenvalue weighted by molar-refractivity contribution is 6.33. The molecule has 0 atom stereocenters. The van der Waals surface area contributed by atoms with Crippen molar-refractivity contribution in [2.45, 2.75) is 0 Å². The van der Waals surface area contributed by atoms with Crippen molar-refractivity contribution in [2.75, 3.05) is 0 Å². The first kappa shape index (κ1) is 15.8. The summed E-state index contributed by atoms with van der Waals surface area (Å²) in [5, 5.41) is 1.30. The van der Waals surface area contributed by atoms with Crippen LogP contribution in [-0.2, 0) is 0 Å². The van der Waals surface area contributed by atoms with Crippen LogP contribution in [0.5, 0.6) is 0 Å². The summed E-state index contributed by atoms with van der Waals surface area (Å²) >= 11 is 6.24. The number of hydrogen-bond donors (Lipinski definition) is 1. The number of halogens is 1. The molecule has 130 valence electrons. The van der Waals surface area contributed by atoms with E-state index in [-0.39, 0.29) is 10.8 Å². The largest absolute Gasteiger partial charge is 0.330 e. The highest BCUT2D eigenvalue weighted by Crippen LogP contribution is 2.29. The van der Waals surface area contributed by atoms with Gasteiger partial charge in [-0.15, -0.1) is 0 Å². The fourth-order valence-corrected chi connectivity index (χ4v) is 3.51. The van der Waals surface area contributed by atoms with Crippen LogP contribution in [0.15, 0.2) is 77.9 Å². The Balaban J connectivity index is 1.72. The van der Waals surface area contributed by atoms with E-state index >= 15 is 0 Å². The Morgan fingerprint density at radius 3 is 2.63 bits per heavy atom. The Labute approximate surface area is 158 Å². The van der Waals surface area contributed by atoms with Crippen molar-refractivity contribution in [3.05, 3.63) is 88.7 Å². The summed E-state index contributed by atoms with van der Waals surface area (Å²) in [5.74, 6) is 0. The molecule has 0 saturated heterocycles. The molecule has 0 aliphatic heterocycles. The Morgan fingerprint density at radius 1 is 0.963 bits per heavy atom. The molecule has 5 aromatic rings. The molecule has 0 bridgehead atoms. The molecule has 1 N–H and O–H groups in total. The van der Waals surface area contributed by atoms with Crippen molar-refractivity contribution in [3.8, 4) is 22.5 Å². The van der Waals surface area contributed by atoms with Gasteiger partial charge in [-0.2, -0.15) is 0 Å². The number of pyridine rings is 1. The van der Waals surface area contributed by atoms with Gasteiger partial charge in [0.05, 0.1) is 16.9 Å². The van der Waals surface area contributed by atoms with Crippen molar-refractivity contribution in [1.29, 1.82) is 0 Å². The second kappa shape index (κ2) is 6.07. The van der Waals surface area contributed by atoms with Crippen LogP contribution in [0.1, 0.15) is 0 Å². The molecule has 6 heteroatoms. The van der Waals surface area contributed by atoms with Gasteiger partial charge in [0.1, 0.15) is 5.52 Å². The smallest absolute Gasteiger partial charge is 0.305 e. The lowest BCUT2D eigenvalue weighted by molar-refractivity contribution is 1.04. The van der Waals surface area contributed by atoms with Gasteiger partial charge < -0.3 is 4.98 Å². The lowest BCUT2D eigenvalue weighted by Gasteiger charge is -2.06. The Hall–Kier alpha value is -3.44. The molecule has 0 amide bonds. The molecule has 27 heavy (non-hydrogen) atoms. The van der Waals surface area contributed by atoms with Gasteiger partial charge in [-0.1, -0.05) is 60.1 Å². The summed E-state index contributed by atoms with van der Waals surface area (Å²) in [6.45, 7) is 0. The number of aromatic nitrogens is 4. The maximum absolute atomic E-state index is 12.2. The van der Waals surface area contributed by atoms with Gasteiger partial charge in [-0.25, -0.2) is 14.8 Å². The minimum Gasteiger partial charge on any atom is -0.305 e. The van der Waals surface area contributed by atoms with E-state index in [0.29, 0.717) is 11.2 Å². The highest BCUT2D eigenvalue weighted by Gasteiger charge is 2.14. The maximum atomic E-state index is 12.2. The molecule has 2 aromatic carbocycles. The molecule has 0 aliphatic carbocycles. The van der Waals surface area contributed by atoms with Gasteiger partial charge in [0.25, 0.3) is 0 Å². The van der Waals surface area contributed by atoms with Gasteiger partial charge in [-0.05, 0) is 12.1 Å². The number of fused-ring (bicyclic) bond motifs is 2. The first-order chi connectivity index (χ1) is 13.2. The molecule has 0 unspecified atom stereocenters. The summed E-state index contributed by atoms with van der Waals surface area (Å²) < 4.78 is 1.46. The first-order valence-corrected chi connectivity index (χ1v) is 8.80.